The van der Waals surface area contributed by atoms with Crippen molar-refractivity contribution >= 4 is 17.9 Å². The third kappa shape index (κ3) is 1.98. The van der Waals surface area contributed by atoms with Gasteiger partial charge in [0.1, 0.15) is 0 Å². The normalized spacial score (nSPS) is 15.2. The number of nitrogens with zero attached hydrogens (tertiary/aromatic N) is 1. The fraction of sp³-hybridized carbons (Fsp3) is 0.385. The van der Waals surface area contributed by atoms with Gasteiger partial charge in [-0.2, -0.15) is 0 Å². The molecule has 0 bridgehead atoms. The highest BCUT2D eigenvalue weighted by Gasteiger charge is 2.15. The number of Topliss-reactive ketones (excluding diaryl/α,β-unsaturated/α-hetero) is 1. The molecule has 0 saturated heterocycles. The summed E-state index contributed by atoms with van der Waals surface area (Å²) >= 11 is 0. The minimum absolute atomic E-state index is 0.0738. The van der Waals surface area contributed by atoms with Crippen LogP contribution in [0.2, 0.25) is 0 Å². The van der Waals surface area contributed by atoms with E-state index in [1.54, 1.807) is 17.9 Å². The molecule has 3 nitrogen and oxygen atoms in total. The minimum atomic E-state index is 0.0738. The highest BCUT2D eigenvalue weighted by atomic mass is 16.1. The Balaban J connectivity index is 2.44. The summed E-state index contributed by atoms with van der Waals surface area (Å²) in [7, 11) is 0. The number of hydrogen-bond acceptors (Lipinski definition) is 2. The molecular formula is C13H15NO2. The molecule has 0 radical (unpaired) electrons. The SMILES string of the molecule is CC(=O)c1ccc2c(c1)CCCCN2C=O. The van der Waals surface area contributed by atoms with Crippen LogP contribution in [0.3, 0.4) is 0 Å². The van der Waals surface area contributed by atoms with Crippen molar-refractivity contribution in [3.8, 4) is 0 Å². The van der Waals surface area contributed by atoms with Crippen LogP contribution in [0.1, 0.15) is 35.7 Å². The lowest BCUT2D eigenvalue weighted by Crippen LogP contribution is -2.21. The molecule has 0 spiro atoms. The molecular weight excluding hydrogens is 202 g/mol. The summed E-state index contributed by atoms with van der Waals surface area (Å²) in [5.74, 6) is 0.0738. The first-order valence-electron chi connectivity index (χ1n) is 5.58. The number of benzene rings is 1. The Morgan fingerprint density at radius 2 is 2.19 bits per heavy atom. The van der Waals surface area contributed by atoms with Gasteiger partial charge in [0, 0.05) is 17.8 Å². The molecule has 1 aliphatic heterocycles. The Hall–Kier alpha value is -1.64. The number of anilines is 1. The van der Waals surface area contributed by atoms with E-state index in [1.807, 2.05) is 12.1 Å². The van der Waals surface area contributed by atoms with Gasteiger partial charge in [0.2, 0.25) is 6.41 Å². The summed E-state index contributed by atoms with van der Waals surface area (Å²) in [5, 5.41) is 0. The summed E-state index contributed by atoms with van der Waals surface area (Å²) in [6.45, 7) is 2.34. The largest absolute Gasteiger partial charge is 0.315 e. The average molecular weight is 217 g/mol. The van der Waals surface area contributed by atoms with Crippen LogP contribution < -0.4 is 4.90 Å². The first kappa shape index (κ1) is 10.9. The van der Waals surface area contributed by atoms with Gasteiger partial charge in [-0.15, -0.1) is 0 Å². The Bertz CT molecular complexity index is 426. The van der Waals surface area contributed by atoms with E-state index in [0.717, 1.165) is 49.0 Å². The molecule has 84 valence electrons. The van der Waals surface area contributed by atoms with E-state index < -0.39 is 0 Å². The van der Waals surface area contributed by atoms with Crippen molar-refractivity contribution in [3.63, 3.8) is 0 Å². The van der Waals surface area contributed by atoms with E-state index >= 15 is 0 Å². The molecule has 1 aromatic rings. The van der Waals surface area contributed by atoms with E-state index in [2.05, 4.69) is 0 Å². The number of carbonyl (C=O) groups excluding carboxylic acids is 2. The van der Waals surface area contributed by atoms with Crippen LogP contribution in [0.4, 0.5) is 5.69 Å². The monoisotopic (exact) mass is 217 g/mol. The molecule has 0 N–H and O–H groups in total. The smallest absolute Gasteiger partial charge is 0.214 e. The Labute approximate surface area is 95.1 Å². The lowest BCUT2D eigenvalue weighted by atomic mass is 10.0. The van der Waals surface area contributed by atoms with Crippen LogP contribution in [0.5, 0.6) is 0 Å². The van der Waals surface area contributed by atoms with Crippen molar-refractivity contribution in [2.24, 2.45) is 0 Å². The quantitative estimate of drug-likeness (QED) is 0.562. The number of aryl methyl sites for hydroxylation is 1. The second-order valence-corrected chi connectivity index (χ2v) is 4.16. The highest BCUT2D eigenvalue weighted by Crippen LogP contribution is 2.26. The molecule has 0 fully saturated rings. The lowest BCUT2D eigenvalue weighted by molar-refractivity contribution is -0.107. The van der Waals surface area contributed by atoms with Crippen molar-refractivity contribution in [1.29, 1.82) is 0 Å². The maximum absolute atomic E-state index is 11.3. The van der Waals surface area contributed by atoms with E-state index in [4.69, 9.17) is 0 Å². The molecule has 16 heavy (non-hydrogen) atoms. The zero-order chi connectivity index (χ0) is 11.5. The first-order chi connectivity index (χ1) is 7.72. The van der Waals surface area contributed by atoms with E-state index in [0.29, 0.717) is 0 Å². The first-order valence-corrected chi connectivity index (χ1v) is 5.58. The van der Waals surface area contributed by atoms with Gasteiger partial charge in [0.15, 0.2) is 5.78 Å². The van der Waals surface area contributed by atoms with Crippen LogP contribution in [0.15, 0.2) is 18.2 Å². The molecule has 0 saturated carbocycles. The molecule has 0 aromatic heterocycles. The zero-order valence-electron chi connectivity index (χ0n) is 9.40. The predicted octanol–water partition coefficient (Wildman–Crippen LogP) is 2.19. The number of hydrogen-bond donors (Lipinski definition) is 0. The topological polar surface area (TPSA) is 37.4 Å². The summed E-state index contributed by atoms with van der Waals surface area (Å²) in [6.07, 6.45) is 3.90. The van der Waals surface area contributed by atoms with Crippen molar-refractivity contribution in [3.05, 3.63) is 29.3 Å². The van der Waals surface area contributed by atoms with Crippen molar-refractivity contribution in [1.82, 2.24) is 0 Å². The summed E-state index contributed by atoms with van der Waals surface area (Å²) in [5.41, 5.74) is 2.79. The van der Waals surface area contributed by atoms with Gasteiger partial charge in [-0.1, -0.05) is 0 Å². The number of carbonyl (C=O) groups is 2. The van der Waals surface area contributed by atoms with Gasteiger partial charge in [-0.05, 0) is 49.9 Å². The Morgan fingerprint density at radius 1 is 1.38 bits per heavy atom. The van der Waals surface area contributed by atoms with E-state index in [9.17, 15) is 9.59 Å². The highest BCUT2D eigenvalue weighted by molar-refractivity contribution is 5.95. The molecule has 1 heterocycles. The second-order valence-electron chi connectivity index (χ2n) is 4.16. The molecule has 1 amide bonds. The van der Waals surface area contributed by atoms with Crippen LogP contribution in [0.25, 0.3) is 0 Å². The fourth-order valence-corrected chi connectivity index (χ4v) is 2.11. The summed E-state index contributed by atoms with van der Waals surface area (Å²) < 4.78 is 0. The standard InChI is InChI=1S/C13H15NO2/c1-10(16)11-5-6-13-12(8-11)4-2-3-7-14(13)9-15/h5-6,8-9H,2-4,7H2,1H3. The van der Waals surface area contributed by atoms with Gasteiger partial charge in [-0.25, -0.2) is 0 Å². The molecule has 0 unspecified atom stereocenters. The maximum Gasteiger partial charge on any atom is 0.214 e. The van der Waals surface area contributed by atoms with Gasteiger partial charge in [-0.3, -0.25) is 9.59 Å². The third-order valence-electron chi connectivity index (χ3n) is 3.02. The third-order valence-corrected chi connectivity index (χ3v) is 3.02. The molecule has 3 heteroatoms. The van der Waals surface area contributed by atoms with E-state index in [-0.39, 0.29) is 5.78 Å². The zero-order valence-corrected chi connectivity index (χ0v) is 9.40. The van der Waals surface area contributed by atoms with Crippen molar-refractivity contribution in [2.75, 3.05) is 11.4 Å². The maximum atomic E-state index is 11.3. The molecule has 2 rings (SSSR count). The summed E-state index contributed by atoms with van der Waals surface area (Å²) in [6, 6.07) is 5.59. The van der Waals surface area contributed by atoms with Gasteiger partial charge in [0.25, 0.3) is 0 Å². The van der Waals surface area contributed by atoms with Gasteiger partial charge in [0.05, 0.1) is 0 Å². The Kier molecular flexibility index (Phi) is 3.04. The average Bonchev–Trinajstić information content (AvgIpc) is 2.49. The van der Waals surface area contributed by atoms with Gasteiger partial charge >= 0.3 is 0 Å². The van der Waals surface area contributed by atoms with Crippen molar-refractivity contribution < 1.29 is 9.59 Å². The number of ketones is 1. The van der Waals surface area contributed by atoms with Crippen LogP contribution >= 0.6 is 0 Å². The summed E-state index contributed by atoms with van der Waals surface area (Å²) in [4.78, 5) is 24.0. The Morgan fingerprint density at radius 3 is 2.88 bits per heavy atom. The minimum Gasteiger partial charge on any atom is -0.315 e. The van der Waals surface area contributed by atoms with Crippen molar-refractivity contribution in [2.45, 2.75) is 26.2 Å². The van der Waals surface area contributed by atoms with Crippen LogP contribution in [-0.4, -0.2) is 18.7 Å². The molecule has 0 aliphatic carbocycles. The molecule has 1 aromatic carbocycles. The second kappa shape index (κ2) is 4.47. The number of amides is 1. The predicted molar refractivity (Wildman–Crippen MR) is 62.8 cm³/mol. The number of rotatable bonds is 2. The van der Waals surface area contributed by atoms with E-state index in [1.165, 1.54) is 0 Å². The molecule has 1 aliphatic rings. The lowest BCUT2D eigenvalue weighted by Gasteiger charge is -2.17. The van der Waals surface area contributed by atoms with Gasteiger partial charge < -0.3 is 4.90 Å². The number of fused-ring (bicyclic) bond motifs is 1. The molecule has 0 atom stereocenters. The van der Waals surface area contributed by atoms with Crippen LogP contribution in [-0.2, 0) is 11.2 Å². The van der Waals surface area contributed by atoms with Crippen LogP contribution in [0, 0.1) is 0 Å². The fourth-order valence-electron chi connectivity index (χ4n) is 2.11.